The highest BCUT2D eigenvalue weighted by atomic mass is 127. The van der Waals surface area contributed by atoms with Gasteiger partial charge in [-0.05, 0) is 107 Å². The van der Waals surface area contributed by atoms with Crippen LogP contribution in [0.2, 0.25) is 0 Å². The number of hydrogen-bond acceptors (Lipinski definition) is 4. The number of benzene rings is 1. The zero-order valence-electron chi connectivity index (χ0n) is 14.7. The molecule has 1 rings (SSSR count). The van der Waals surface area contributed by atoms with E-state index in [0.717, 1.165) is 17.1 Å². The first-order valence-corrected chi connectivity index (χ1v) is 11.1. The smallest absolute Gasteiger partial charge is 0.410 e. The number of carbonyl (C=O) groups is 2. The molecule has 25 heavy (non-hydrogen) atoms. The third-order valence-electron chi connectivity index (χ3n) is 2.95. The summed E-state index contributed by atoms with van der Waals surface area (Å²) in [5.41, 5.74) is 0.00371. The van der Waals surface area contributed by atoms with E-state index in [1.165, 1.54) is 0 Å². The average Bonchev–Trinajstić information content (AvgIpc) is 2.48. The van der Waals surface area contributed by atoms with E-state index in [4.69, 9.17) is 9.47 Å². The van der Waals surface area contributed by atoms with Crippen molar-refractivity contribution >= 4 is 79.8 Å². The maximum atomic E-state index is 12.3. The number of rotatable bonds is 6. The molecule has 5 nitrogen and oxygen atoms in total. The standard InChI is InChI=1S/C17H22I3NO4/c1-5-6-21(16(23)25-17(2,3)4)7-8-24-15(22)12-9-11(18)10-13(19)14(12)20/h9-10H,5-8H2,1-4H3. The molecule has 0 aliphatic heterocycles. The van der Waals surface area contributed by atoms with E-state index in [2.05, 4.69) is 67.8 Å². The molecule has 0 aromatic heterocycles. The van der Waals surface area contributed by atoms with Gasteiger partial charge in [-0.25, -0.2) is 9.59 Å². The molecule has 0 spiro atoms. The Morgan fingerprint density at radius 2 is 1.76 bits per heavy atom. The summed E-state index contributed by atoms with van der Waals surface area (Å²) in [6.07, 6.45) is 0.420. The van der Waals surface area contributed by atoms with Crippen LogP contribution in [0.15, 0.2) is 12.1 Å². The van der Waals surface area contributed by atoms with Gasteiger partial charge in [-0.2, -0.15) is 0 Å². The fourth-order valence-corrected chi connectivity index (χ4v) is 4.30. The minimum Gasteiger partial charge on any atom is -0.460 e. The average molecular weight is 685 g/mol. The summed E-state index contributed by atoms with van der Waals surface area (Å²) in [4.78, 5) is 26.1. The van der Waals surface area contributed by atoms with E-state index in [9.17, 15) is 9.59 Å². The summed E-state index contributed by atoms with van der Waals surface area (Å²) in [6, 6.07) is 3.82. The molecule has 0 fully saturated rings. The van der Waals surface area contributed by atoms with Crippen LogP contribution in [0, 0.1) is 10.7 Å². The van der Waals surface area contributed by atoms with Gasteiger partial charge < -0.3 is 14.4 Å². The molecule has 8 heteroatoms. The Balaban J connectivity index is 2.67. The minimum absolute atomic E-state index is 0.135. The van der Waals surface area contributed by atoms with Crippen molar-refractivity contribution in [2.75, 3.05) is 19.7 Å². The largest absolute Gasteiger partial charge is 0.460 e. The Kier molecular flexibility index (Phi) is 9.72. The fraction of sp³-hybridized carbons (Fsp3) is 0.529. The van der Waals surface area contributed by atoms with Crippen molar-refractivity contribution in [1.82, 2.24) is 4.90 Å². The molecule has 140 valence electrons. The number of nitrogens with zero attached hydrogens (tertiary/aromatic N) is 1. The molecule has 0 N–H and O–H groups in total. The van der Waals surface area contributed by atoms with Gasteiger partial charge in [0.1, 0.15) is 12.2 Å². The predicted octanol–water partition coefficient (Wildman–Crippen LogP) is 5.30. The van der Waals surface area contributed by atoms with Crippen LogP contribution in [0.4, 0.5) is 4.79 Å². The number of amides is 1. The number of hydrogen-bond donors (Lipinski definition) is 0. The first-order valence-electron chi connectivity index (χ1n) is 7.84. The van der Waals surface area contributed by atoms with Gasteiger partial charge in [0.05, 0.1) is 12.1 Å². The van der Waals surface area contributed by atoms with Crippen LogP contribution in [0.3, 0.4) is 0 Å². The zero-order chi connectivity index (χ0) is 19.2. The predicted molar refractivity (Wildman–Crippen MR) is 123 cm³/mol. The molecule has 1 aromatic rings. The van der Waals surface area contributed by atoms with Crippen molar-refractivity contribution in [3.8, 4) is 0 Å². The molecule has 0 bridgehead atoms. The van der Waals surface area contributed by atoms with Crippen LogP contribution in [0.25, 0.3) is 0 Å². The lowest BCUT2D eigenvalue weighted by atomic mass is 10.2. The molecule has 0 heterocycles. The molecule has 0 radical (unpaired) electrons. The van der Waals surface area contributed by atoms with Crippen LogP contribution in [0.1, 0.15) is 44.5 Å². The molecule has 0 aliphatic rings. The first-order chi connectivity index (χ1) is 11.5. The second-order valence-corrected chi connectivity index (χ2v) is 9.84. The van der Waals surface area contributed by atoms with Crippen molar-refractivity contribution in [2.24, 2.45) is 0 Å². The van der Waals surface area contributed by atoms with Crippen LogP contribution >= 0.6 is 67.8 Å². The molecule has 1 amide bonds. The first kappa shape index (κ1) is 23.2. The van der Waals surface area contributed by atoms with E-state index in [1.54, 1.807) is 4.90 Å². The molecule has 0 aliphatic carbocycles. The van der Waals surface area contributed by atoms with Gasteiger partial charge in [0.15, 0.2) is 0 Å². The van der Waals surface area contributed by atoms with Crippen LogP contribution in [0.5, 0.6) is 0 Å². The number of halogens is 3. The molecule has 0 unspecified atom stereocenters. The Morgan fingerprint density at radius 3 is 2.32 bits per heavy atom. The van der Waals surface area contributed by atoms with E-state index in [0.29, 0.717) is 18.7 Å². The Morgan fingerprint density at radius 1 is 1.12 bits per heavy atom. The molecule has 0 saturated carbocycles. The maximum Gasteiger partial charge on any atom is 0.410 e. The third-order valence-corrected chi connectivity index (χ3v) is 6.62. The second kappa shape index (κ2) is 10.5. The zero-order valence-corrected chi connectivity index (χ0v) is 21.2. The molecular formula is C17H22I3NO4. The summed E-state index contributed by atoms with van der Waals surface area (Å²) in [6.45, 7) is 8.48. The normalized spacial score (nSPS) is 11.2. The van der Waals surface area contributed by atoms with Crippen molar-refractivity contribution in [1.29, 1.82) is 0 Å². The van der Waals surface area contributed by atoms with Crippen molar-refractivity contribution in [3.63, 3.8) is 0 Å². The lowest BCUT2D eigenvalue weighted by Crippen LogP contribution is -2.39. The van der Waals surface area contributed by atoms with Gasteiger partial charge in [-0.1, -0.05) is 6.92 Å². The highest BCUT2D eigenvalue weighted by molar-refractivity contribution is 14.1. The van der Waals surface area contributed by atoms with Crippen LogP contribution in [-0.2, 0) is 9.47 Å². The van der Waals surface area contributed by atoms with E-state index in [-0.39, 0.29) is 18.7 Å². The van der Waals surface area contributed by atoms with Gasteiger partial charge in [0.2, 0.25) is 0 Å². The highest BCUT2D eigenvalue weighted by Gasteiger charge is 2.22. The highest BCUT2D eigenvalue weighted by Crippen LogP contribution is 2.23. The Hall–Kier alpha value is 0.150. The lowest BCUT2D eigenvalue weighted by molar-refractivity contribution is 0.0167. The topological polar surface area (TPSA) is 55.8 Å². The summed E-state index contributed by atoms with van der Waals surface area (Å²) in [5, 5.41) is 0. The quantitative estimate of drug-likeness (QED) is 0.232. The minimum atomic E-state index is -0.548. The van der Waals surface area contributed by atoms with E-state index in [1.807, 2.05) is 39.8 Å². The number of esters is 1. The third kappa shape index (κ3) is 8.14. The lowest BCUT2D eigenvalue weighted by Gasteiger charge is -2.27. The van der Waals surface area contributed by atoms with Crippen molar-refractivity contribution in [2.45, 2.75) is 39.7 Å². The summed E-state index contributed by atoms with van der Waals surface area (Å²) < 4.78 is 13.6. The maximum absolute atomic E-state index is 12.3. The Labute approximate surface area is 190 Å². The van der Waals surface area contributed by atoms with Gasteiger partial charge in [0.25, 0.3) is 0 Å². The number of ether oxygens (including phenoxy) is 2. The summed E-state index contributed by atoms with van der Waals surface area (Å²) in [7, 11) is 0. The fourth-order valence-electron chi connectivity index (χ4n) is 1.92. The molecule has 0 saturated heterocycles. The van der Waals surface area contributed by atoms with Crippen molar-refractivity contribution in [3.05, 3.63) is 28.4 Å². The van der Waals surface area contributed by atoms with E-state index >= 15 is 0 Å². The molecular weight excluding hydrogens is 663 g/mol. The monoisotopic (exact) mass is 685 g/mol. The van der Waals surface area contributed by atoms with Crippen LogP contribution < -0.4 is 0 Å². The molecule has 0 atom stereocenters. The summed E-state index contributed by atoms with van der Waals surface area (Å²) in [5.74, 6) is -0.374. The van der Waals surface area contributed by atoms with Gasteiger partial charge in [0, 0.05) is 17.3 Å². The van der Waals surface area contributed by atoms with Gasteiger partial charge in [-0.15, -0.1) is 0 Å². The Bertz CT molecular complexity index is 629. The SMILES string of the molecule is CCCN(CCOC(=O)c1cc(I)cc(I)c1I)C(=O)OC(C)(C)C. The summed E-state index contributed by atoms with van der Waals surface area (Å²) >= 11 is 6.52. The molecule has 1 aromatic carbocycles. The van der Waals surface area contributed by atoms with Gasteiger partial charge in [-0.3, -0.25) is 0 Å². The number of carbonyl (C=O) groups excluding carboxylic acids is 2. The van der Waals surface area contributed by atoms with Crippen molar-refractivity contribution < 1.29 is 19.1 Å². The second-order valence-electron chi connectivity index (χ2n) is 6.35. The van der Waals surface area contributed by atoms with E-state index < -0.39 is 5.60 Å². The van der Waals surface area contributed by atoms with Gasteiger partial charge >= 0.3 is 12.1 Å². The van der Waals surface area contributed by atoms with Crippen LogP contribution in [-0.4, -0.2) is 42.3 Å².